The van der Waals surface area contributed by atoms with Crippen LogP contribution in [-0.4, -0.2) is 73.9 Å². The molecule has 0 aliphatic rings. The normalized spacial score (nSPS) is 14.1. The van der Waals surface area contributed by atoms with Crippen molar-refractivity contribution in [3.05, 3.63) is 48.0 Å². The molecule has 2 rings (SSSR count). The van der Waals surface area contributed by atoms with Crippen molar-refractivity contribution in [1.29, 1.82) is 0 Å². The molecule has 1 aromatic heterocycles. The number of nitrogens with two attached hydrogens (primary N) is 2. The molecule has 0 fully saturated rings. The number of carbonyl (C=O) groups excluding carboxylic acids is 4. The molecule has 0 saturated carbocycles. The quantitative estimate of drug-likeness (QED) is 0.146. The van der Waals surface area contributed by atoms with E-state index >= 15 is 0 Å². The lowest BCUT2D eigenvalue weighted by Crippen LogP contribution is -2.57. The van der Waals surface area contributed by atoms with Gasteiger partial charge in [0.25, 0.3) is 0 Å². The van der Waals surface area contributed by atoms with Crippen molar-refractivity contribution in [2.45, 2.75) is 50.4 Å². The summed E-state index contributed by atoms with van der Waals surface area (Å²) in [4.78, 5) is 67.3. The fraction of sp³-hybridized carbons (Fsp3) is 0.364. The fourth-order valence-corrected chi connectivity index (χ4v) is 3.16. The van der Waals surface area contributed by atoms with Gasteiger partial charge < -0.3 is 42.6 Å². The molecule has 1 aromatic carbocycles. The Kier molecular flexibility index (Phi) is 9.92. The number of nitrogens with zero attached hydrogens (tertiary/aromatic N) is 1. The molecule has 4 atom stereocenters. The van der Waals surface area contributed by atoms with E-state index in [2.05, 4.69) is 25.9 Å². The number of H-pyrrole nitrogens is 1. The number of aromatic nitrogens is 2. The van der Waals surface area contributed by atoms with E-state index < -0.39 is 60.2 Å². The Morgan fingerprint density at radius 1 is 0.972 bits per heavy atom. The number of nitrogens with one attached hydrogen (secondary N) is 4. The van der Waals surface area contributed by atoms with E-state index in [1.807, 2.05) is 0 Å². The zero-order chi connectivity index (χ0) is 26.8. The Balaban J connectivity index is 2.09. The highest BCUT2D eigenvalue weighted by Crippen LogP contribution is 2.12. The largest absolute Gasteiger partial charge is 0.508 e. The van der Waals surface area contributed by atoms with Crippen molar-refractivity contribution in [2.75, 3.05) is 0 Å². The van der Waals surface area contributed by atoms with Crippen LogP contribution in [0.15, 0.2) is 36.8 Å². The first kappa shape index (κ1) is 27.8. The molecule has 0 bridgehead atoms. The number of benzene rings is 1. The van der Waals surface area contributed by atoms with E-state index in [1.54, 1.807) is 0 Å². The van der Waals surface area contributed by atoms with E-state index in [4.69, 9.17) is 11.5 Å². The molecule has 0 saturated heterocycles. The third kappa shape index (κ3) is 8.72. The molecule has 4 amide bonds. The van der Waals surface area contributed by atoms with Crippen LogP contribution in [0.3, 0.4) is 0 Å². The predicted octanol–water partition coefficient (Wildman–Crippen LogP) is -2.34. The van der Waals surface area contributed by atoms with Crippen LogP contribution in [-0.2, 0) is 36.8 Å². The minimum absolute atomic E-state index is 0.0148. The van der Waals surface area contributed by atoms with Crippen LogP contribution in [0.4, 0.5) is 0 Å². The summed E-state index contributed by atoms with van der Waals surface area (Å²) in [7, 11) is 0. The number of hydrogen-bond donors (Lipinski definition) is 8. The number of rotatable bonds is 13. The first-order chi connectivity index (χ1) is 17.0. The number of imidazole rings is 1. The zero-order valence-corrected chi connectivity index (χ0v) is 19.4. The summed E-state index contributed by atoms with van der Waals surface area (Å²) in [5.74, 6) is -4.68. The highest BCUT2D eigenvalue weighted by Gasteiger charge is 2.30. The summed E-state index contributed by atoms with van der Waals surface area (Å²) >= 11 is 0. The number of carboxylic acid groups (broad SMARTS) is 1. The highest BCUT2D eigenvalue weighted by molar-refractivity contribution is 5.94. The van der Waals surface area contributed by atoms with Crippen molar-refractivity contribution >= 4 is 29.6 Å². The highest BCUT2D eigenvalue weighted by atomic mass is 16.4. The Bertz CT molecular complexity index is 1070. The van der Waals surface area contributed by atoms with Crippen LogP contribution in [0.25, 0.3) is 0 Å². The number of carboxylic acids is 1. The van der Waals surface area contributed by atoms with Gasteiger partial charge in [0.1, 0.15) is 23.9 Å². The second-order valence-electron chi connectivity index (χ2n) is 8.12. The van der Waals surface area contributed by atoms with Gasteiger partial charge in [-0.3, -0.25) is 19.2 Å². The number of carbonyl (C=O) groups is 5. The van der Waals surface area contributed by atoms with E-state index in [0.29, 0.717) is 11.3 Å². The summed E-state index contributed by atoms with van der Waals surface area (Å²) in [5.41, 5.74) is 12.1. The average Bonchev–Trinajstić information content (AvgIpc) is 3.32. The Labute approximate surface area is 205 Å². The van der Waals surface area contributed by atoms with E-state index in [1.165, 1.54) is 43.7 Å². The van der Waals surface area contributed by atoms with E-state index in [0.717, 1.165) is 0 Å². The summed E-state index contributed by atoms with van der Waals surface area (Å²) in [6.07, 6.45) is 2.37. The molecule has 194 valence electrons. The molecule has 2 aromatic rings. The van der Waals surface area contributed by atoms with Gasteiger partial charge in [0.05, 0.1) is 18.8 Å². The molecule has 0 spiro atoms. The number of hydrogen-bond acceptors (Lipinski definition) is 8. The van der Waals surface area contributed by atoms with Crippen LogP contribution >= 0.6 is 0 Å². The van der Waals surface area contributed by atoms with Crippen LogP contribution in [0.1, 0.15) is 24.6 Å². The molecule has 0 aliphatic heterocycles. The number of phenols is 1. The number of aliphatic carboxylic acids is 1. The van der Waals surface area contributed by atoms with Crippen molar-refractivity contribution in [3.63, 3.8) is 0 Å². The number of primary amides is 1. The minimum atomic E-state index is -1.60. The first-order valence-corrected chi connectivity index (χ1v) is 10.9. The third-order valence-electron chi connectivity index (χ3n) is 5.11. The molecule has 14 nitrogen and oxygen atoms in total. The van der Waals surface area contributed by atoms with Crippen molar-refractivity contribution in [1.82, 2.24) is 25.9 Å². The van der Waals surface area contributed by atoms with Crippen LogP contribution < -0.4 is 27.4 Å². The number of aromatic amines is 1. The van der Waals surface area contributed by atoms with Crippen LogP contribution in [0.2, 0.25) is 0 Å². The second kappa shape index (κ2) is 12.9. The predicted molar refractivity (Wildman–Crippen MR) is 125 cm³/mol. The minimum Gasteiger partial charge on any atom is -0.508 e. The van der Waals surface area contributed by atoms with Crippen LogP contribution in [0.5, 0.6) is 5.75 Å². The van der Waals surface area contributed by atoms with Gasteiger partial charge in [-0.1, -0.05) is 12.1 Å². The molecular formula is C22H29N7O7. The summed E-state index contributed by atoms with van der Waals surface area (Å²) in [6, 6.07) is 0.829. The molecular weight excluding hydrogens is 474 g/mol. The lowest BCUT2D eigenvalue weighted by atomic mass is 10.0. The summed E-state index contributed by atoms with van der Waals surface area (Å²) in [6.45, 7) is 1.39. The maximum Gasteiger partial charge on any atom is 0.326 e. The molecule has 1 heterocycles. The van der Waals surface area contributed by atoms with Gasteiger partial charge in [0, 0.05) is 24.7 Å². The fourth-order valence-electron chi connectivity index (χ4n) is 3.16. The molecule has 4 unspecified atom stereocenters. The van der Waals surface area contributed by atoms with Gasteiger partial charge in [-0.05, 0) is 24.6 Å². The molecule has 10 N–H and O–H groups in total. The van der Waals surface area contributed by atoms with Gasteiger partial charge in [0.15, 0.2) is 0 Å². The van der Waals surface area contributed by atoms with E-state index in [9.17, 15) is 34.2 Å². The van der Waals surface area contributed by atoms with Crippen molar-refractivity contribution < 1.29 is 34.2 Å². The van der Waals surface area contributed by atoms with Crippen LogP contribution in [0, 0.1) is 0 Å². The zero-order valence-electron chi connectivity index (χ0n) is 19.4. The van der Waals surface area contributed by atoms with Crippen molar-refractivity contribution in [2.24, 2.45) is 11.5 Å². The molecule has 0 aliphatic carbocycles. The second-order valence-corrected chi connectivity index (χ2v) is 8.12. The Morgan fingerprint density at radius 3 is 2.17 bits per heavy atom. The first-order valence-electron chi connectivity index (χ1n) is 10.9. The number of phenolic OH excluding ortho intramolecular Hbond substituents is 1. The maximum atomic E-state index is 12.9. The topological polar surface area (TPSA) is 243 Å². The van der Waals surface area contributed by atoms with Crippen molar-refractivity contribution in [3.8, 4) is 5.75 Å². The Hall–Kier alpha value is -4.46. The van der Waals surface area contributed by atoms with Gasteiger partial charge in [0.2, 0.25) is 23.6 Å². The monoisotopic (exact) mass is 503 g/mol. The number of aromatic hydroxyl groups is 1. The molecule has 36 heavy (non-hydrogen) atoms. The van der Waals surface area contributed by atoms with E-state index in [-0.39, 0.29) is 18.6 Å². The lowest BCUT2D eigenvalue weighted by molar-refractivity contribution is -0.143. The third-order valence-corrected chi connectivity index (χ3v) is 5.11. The number of amides is 4. The SMILES string of the molecule is CC(NC(=O)C(N)Cc1cnc[nH]1)C(=O)NC(Cc1ccc(O)cc1)C(=O)NC(CC(N)=O)C(=O)O. The standard InChI is InChI=1S/C22H29N7O7/c1-11(27-20(33)15(23)7-13-9-25-10-26-13)19(32)28-16(6-12-2-4-14(30)5-3-12)21(34)29-17(22(35)36)8-18(24)31/h2-5,9-11,15-17,30H,6-8,23H2,1H3,(H2,24,31)(H,25,26)(H,27,33)(H,28,32)(H,29,34)(H,35,36). The average molecular weight is 504 g/mol. The molecule has 0 radical (unpaired) electrons. The van der Waals surface area contributed by atoms with Gasteiger partial charge in [-0.15, -0.1) is 0 Å². The smallest absolute Gasteiger partial charge is 0.326 e. The van der Waals surface area contributed by atoms with Gasteiger partial charge in [-0.2, -0.15) is 0 Å². The van der Waals surface area contributed by atoms with Gasteiger partial charge in [-0.25, -0.2) is 9.78 Å². The molecule has 14 heteroatoms. The Morgan fingerprint density at radius 2 is 1.61 bits per heavy atom. The maximum absolute atomic E-state index is 12.9. The summed E-state index contributed by atoms with van der Waals surface area (Å²) in [5, 5.41) is 25.9. The van der Waals surface area contributed by atoms with Gasteiger partial charge >= 0.3 is 5.97 Å². The lowest BCUT2D eigenvalue weighted by Gasteiger charge is -2.23. The summed E-state index contributed by atoms with van der Waals surface area (Å²) < 4.78 is 0.